The molecule has 0 unspecified atom stereocenters. The van der Waals surface area contributed by atoms with E-state index < -0.39 is 0 Å². The second-order valence-electron chi connectivity index (χ2n) is 8.57. The number of amides is 2. The monoisotopic (exact) mass is 510 g/mol. The van der Waals surface area contributed by atoms with Crippen molar-refractivity contribution in [2.75, 3.05) is 90.2 Å². The molecule has 6 nitrogen and oxygen atoms in total. The number of likely N-dealkylation sites (N-methyl/N-ethyl adjacent to an activating group) is 2. The van der Waals surface area contributed by atoms with Crippen molar-refractivity contribution in [3.8, 4) is 0 Å². The van der Waals surface area contributed by atoms with Gasteiger partial charge in [-0.25, -0.2) is 0 Å². The molecule has 0 atom stereocenters. The number of piperazine rings is 2. The number of halogens is 2. The van der Waals surface area contributed by atoms with Crippen LogP contribution in [0.3, 0.4) is 0 Å². The maximum absolute atomic E-state index is 12.0. The Hall–Kier alpha value is -0.180. The van der Waals surface area contributed by atoms with Crippen molar-refractivity contribution in [2.45, 2.75) is 19.3 Å². The van der Waals surface area contributed by atoms with Crippen LogP contribution in [0.4, 0.5) is 0 Å². The molecule has 0 aromatic heterocycles. The summed E-state index contributed by atoms with van der Waals surface area (Å²) in [6.07, 6.45) is 2.42. The first-order chi connectivity index (χ1) is 12.8. The van der Waals surface area contributed by atoms with Gasteiger partial charge in [0.2, 0.25) is 11.8 Å². The summed E-state index contributed by atoms with van der Waals surface area (Å²) in [7, 11) is 4.67. The lowest BCUT2D eigenvalue weighted by atomic mass is 10.2. The minimum absolute atomic E-state index is 0.281. The normalized spacial score (nSPS) is 21.9. The molecule has 0 bridgehead atoms. The number of nitrogens with zero attached hydrogens (tertiary/aromatic N) is 4. The number of quaternary nitrogens is 2. The Balaban J connectivity index is 1.70. The Morgan fingerprint density at radius 1 is 0.741 bits per heavy atom. The summed E-state index contributed by atoms with van der Waals surface area (Å²) < 4.78 is 2.15. The summed E-state index contributed by atoms with van der Waals surface area (Å²) in [6.45, 7) is 10.2. The van der Waals surface area contributed by atoms with Crippen LogP contribution in [0, 0.1) is 0 Å². The molecule has 0 saturated carbocycles. The van der Waals surface area contributed by atoms with Gasteiger partial charge >= 0.3 is 0 Å². The molecule has 0 aliphatic carbocycles. The largest absolute Gasteiger partial charge is 0.331 e. The molecular formula is C19H36Br2N4O2+2. The second kappa shape index (κ2) is 10.6. The van der Waals surface area contributed by atoms with Crippen molar-refractivity contribution in [3.05, 3.63) is 0 Å². The van der Waals surface area contributed by atoms with Crippen molar-refractivity contribution in [1.82, 2.24) is 9.80 Å². The lowest BCUT2D eigenvalue weighted by Gasteiger charge is -2.44. The maximum Gasteiger partial charge on any atom is 0.223 e. The summed E-state index contributed by atoms with van der Waals surface area (Å²) in [5.74, 6) is 0.562. The van der Waals surface area contributed by atoms with Gasteiger partial charge in [0, 0.05) is 29.9 Å². The van der Waals surface area contributed by atoms with E-state index in [1.54, 1.807) is 0 Å². The van der Waals surface area contributed by atoms with Crippen molar-refractivity contribution < 1.29 is 18.6 Å². The minimum Gasteiger partial charge on any atom is -0.331 e. The summed E-state index contributed by atoms with van der Waals surface area (Å²) in [4.78, 5) is 28.1. The molecule has 0 radical (unpaired) electrons. The van der Waals surface area contributed by atoms with Crippen LogP contribution in [0.25, 0.3) is 0 Å². The Morgan fingerprint density at radius 3 is 1.37 bits per heavy atom. The molecular weight excluding hydrogens is 476 g/mol. The predicted octanol–water partition coefficient (Wildman–Crippen LogP) is 1.52. The van der Waals surface area contributed by atoms with E-state index in [0.29, 0.717) is 12.8 Å². The SMILES string of the molecule is C[N+]1(CCC[N+]2(C)CCN(C(=O)CCBr)CC2)CCN(C(=O)CCBr)CC1. The number of alkyl halides is 2. The molecule has 2 rings (SSSR count). The average molecular weight is 512 g/mol. The average Bonchev–Trinajstić information content (AvgIpc) is 2.63. The van der Waals surface area contributed by atoms with E-state index >= 15 is 0 Å². The molecule has 2 aliphatic rings. The van der Waals surface area contributed by atoms with E-state index in [1.165, 1.54) is 19.5 Å². The van der Waals surface area contributed by atoms with E-state index in [4.69, 9.17) is 0 Å². The van der Waals surface area contributed by atoms with Crippen LogP contribution in [0.1, 0.15) is 19.3 Å². The standard InChI is InChI=1S/C19H36Br2N4O2/c1-24(14-8-22(9-15-24)18(26)4-6-20)12-3-13-25(2)16-10-23(11-17-25)19(27)5-7-21/h3-17H2,1-2H3/q+2. The van der Waals surface area contributed by atoms with Gasteiger partial charge < -0.3 is 18.8 Å². The van der Waals surface area contributed by atoms with Gasteiger partial charge in [0.1, 0.15) is 0 Å². The highest BCUT2D eigenvalue weighted by molar-refractivity contribution is 9.09. The molecule has 2 amide bonds. The zero-order valence-corrected chi connectivity index (χ0v) is 20.1. The van der Waals surface area contributed by atoms with Crippen molar-refractivity contribution in [1.29, 1.82) is 0 Å². The number of rotatable bonds is 8. The van der Waals surface area contributed by atoms with Crippen molar-refractivity contribution in [2.24, 2.45) is 0 Å². The van der Waals surface area contributed by atoms with Gasteiger partial charge in [-0.3, -0.25) is 9.59 Å². The smallest absolute Gasteiger partial charge is 0.223 e. The summed E-state index contributed by atoms with van der Waals surface area (Å²) in [5.41, 5.74) is 0. The third-order valence-corrected chi connectivity index (χ3v) is 7.15. The molecule has 8 heteroatoms. The first kappa shape index (κ1) is 23.1. The molecule has 0 spiro atoms. The molecule has 2 heterocycles. The van der Waals surface area contributed by atoms with E-state index in [1.807, 2.05) is 9.80 Å². The van der Waals surface area contributed by atoms with E-state index in [-0.39, 0.29) is 11.8 Å². The Bertz CT molecular complexity index is 458. The van der Waals surface area contributed by atoms with Crippen LogP contribution >= 0.6 is 31.9 Å². The lowest BCUT2D eigenvalue weighted by molar-refractivity contribution is -0.931. The number of hydrogen-bond donors (Lipinski definition) is 0. The second-order valence-corrected chi connectivity index (χ2v) is 10.2. The summed E-state index contributed by atoms with van der Waals surface area (Å²) in [5, 5.41) is 1.51. The summed E-state index contributed by atoms with van der Waals surface area (Å²) in [6, 6.07) is 0. The topological polar surface area (TPSA) is 40.6 Å². The zero-order valence-electron chi connectivity index (χ0n) is 17.0. The number of hydrogen-bond acceptors (Lipinski definition) is 2. The minimum atomic E-state index is 0.281. The molecule has 2 fully saturated rings. The lowest BCUT2D eigenvalue weighted by Crippen LogP contribution is -2.61. The third kappa shape index (κ3) is 6.98. The first-order valence-corrected chi connectivity index (χ1v) is 12.4. The Labute approximate surface area is 181 Å². The number of carbonyl (C=O) groups excluding carboxylic acids is 2. The molecule has 0 aromatic carbocycles. The van der Waals surface area contributed by atoms with E-state index in [0.717, 1.165) is 72.0 Å². The fourth-order valence-electron chi connectivity index (χ4n) is 4.15. The van der Waals surface area contributed by atoms with E-state index in [2.05, 4.69) is 46.0 Å². The van der Waals surface area contributed by atoms with Crippen LogP contribution in [-0.4, -0.2) is 121 Å². The van der Waals surface area contributed by atoms with E-state index in [9.17, 15) is 9.59 Å². The fourth-order valence-corrected chi connectivity index (χ4v) is 4.83. The van der Waals surface area contributed by atoms with Crippen LogP contribution in [0.15, 0.2) is 0 Å². The van der Waals surface area contributed by atoms with Crippen molar-refractivity contribution >= 4 is 43.7 Å². The van der Waals surface area contributed by atoms with Gasteiger partial charge in [-0.1, -0.05) is 31.9 Å². The van der Waals surface area contributed by atoms with Crippen LogP contribution in [-0.2, 0) is 9.59 Å². The maximum atomic E-state index is 12.0. The van der Waals surface area contributed by atoms with Gasteiger partial charge in [0.15, 0.2) is 0 Å². The van der Waals surface area contributed by atoms with Gasteiger partial charge in [-0.15, -0.1) is 0 Å². The molecule has 27 heavy (non-hydrogen) atoms. The van der Waals surface area contributed by atoms with Gasteiger partial charge in [0.25, 0.3) is 0 Å². The van der Waals surface area contributed by atoms with Gasteiger partial charge in [-0.2, -0.15) is 0 Å². The highest BCUT2D eigenvalue weighted by Crippen LogP contribution is 2.16. The van der Waals surface area contributed by atoms with Crippen LogP contribution < -0.4 is 0 Å². The van der Waals surface area contributed by atoms with Crippen LogP contribution in [0.5, 0.6) is 0 Å². The number of carbonyl (C=O) groups is 2. The highest BCUT2D eigenvalue weighted by Gasteiger charge is 2.33. The predicted molar refractivity (Wildman–Crippen MR) is 116 cm³/mol. The Morgan fingerprint density at radius 2 is 1.07 bits per heavy atom. The van der Waals surface area contributed by atoms with Crippen LogP contribution in [0.2, 0.25) is 0 Å². The molecule has 0 aromatic rings. The molecule has 2 aliphatic heterocycles. The zero-order chi connectivity index (χ0) is 19.9. The highest BCUT2D eigenvalue weighted by atomic mass is 79.9. The summed E-state index contributed by atoms with van der Waals surface area (Å²) >= 11 is 6.72. The van der Waals surface area contributed by atoms with Gasteiger partial charge in [-0.05, 0) is 0 Å². The Kier molecular flexibility index (Phi) is 9.03. The molecule has 2 saturated heterocycles. The fraction of sp³-hybridized carbons (Fsp3) is 0.895. The first-order valence-electron chi connectivity index (χ1n) is 10.2. The molecule has 0 N–H and O–H groups in total. The van der Waals surface area contributed by atoms with Crippen molar-refractivity contribution in [3.63, 3.8) is 0 Å². The van der Waals surface area contributed by atoms with Gasteiger partial charge in [0.05, 0.1) is 79.5 Å². The quantitative estimate of drug-likeness (QED) is 0.366. The third-order valence-electron chi connectivity index (χ3n) is 6.36. The molecule has 156 valence electrons.